The summed E-state index contributed by atoms with van der Waals surface area (Å²) in [5.41, 5.74) is 2.85. The molecule has 20 heavy (non-hydrogen) atoms. The maximum absolute atomic E-state index is 5.36. The van der Waals surface area contributed by atoms with Gasteiger partial charge in [-0.2, -0.15) is 0 Å². The maximum atomic E-state index is 5.36. The van der Waals surface area contributed by atoms with Gasteiger partial charge in [-0.15, -0.1) is 0 Å². The van der Waals surface area contributed by atoms with Gasteiger partial charge in [0.1, 0.15) is 21.8 Å². The molecule has 0 bridgehead atoms. The largest absolute Gasteiger partial charge is 0.495 e. The van der Waals surface area contributed by atoms with Crippen molar-refractivity contribution in [2.24, 2.45) is 0 Å². The van der Waals surface area contributed by atoms with Crippen molar-refractivity contribution in [3.8, 4) is 22.9 Å². The van der Waals surface area contributed by atoms with E-state index in [1.165, 1.54) is 0 Å². The lowest BCUT2D eigenvalue weighted by Gasteiger charge is -2.10. The van der Waals surface area contributed by atoms with Crippen molar-refractivity contribution in [2.45, 2.75) is 0 Å². The van der Waals surface area contributed by atoms with E-state index >= 15 is 0 Å². The van der Waals surface area contributed by atoms with Gasteiger partial charge < -0.3 is 14.5 Å². The van der Waals surface area contributed by atoms with E-state index in [0.717, 1.165) is 26.9 Å². The number of hydrogen-bond acceptors (Lipinski definition) is 3. The molecule has 0 saturated heterocycles. The lowest BCUT2D eigenvalue weighted by molar-refractivity contribution is 0.390. The molecule has 2 aromatic carbocycles. The molecule has 1 heterocycles. The number of halogens is 1. The summed E-state index contributed by atoms with van der Waals surface area (Å²) >= 11 is 3.46. The van der Waals surface area contributed by atoms with Crippen LogP contribution in [-0.2, 0) is 0 Å². The van der Waals surface area contributed by atoms with Crippen LogP contribution >= 0.6 is 15.9 Å². The van der Waals surface area contributed by atoms with Crippen LogP contribution in [-0.4, -0.2) is 24.2 Å². The fourth-order valence-electron chi connectivity index (χ4n) is 2.10. The van der Waals surface area contributed by atoms with Gasteiger partial charge in [0, 0.05) is 5.56 Å². The van der Waals surface area contributed by atoms with E-state index < -0.39 is 0 Å². The predicted molar refractivity (Wildman–Crippen MR) is 82.3 cm³/mol. The van der Waals surface area contributed by atoms with Gasteiger partial charge in [0.05, 0.1) is 25.3 Å². The third-order valence-electron chi connectivity index (χ3n) is 3.11. The molecule has 0 aliphatic rings. The molecule has 3 rings (SSSR count). The Morgan fingerprint density at radius 2 is 1.70 bits per heavy atom. The molecule has 4 nitrogen and oxygen atoms in total. The zero-order chi connectivity index (χ0) is 14.1. The van der Waals surface area contributed by atoms with Gasteiger partial charge in [0.15, 0.2) is 0 Å². The first-order valence-corrected chi connectivity index (χ1v) is 6.89. The number of ether oxygens (including phenoxy) is 2. The Bertz CT molecular complexity index is 709. The molecule has 0 aliphatic carbocycles. The minimum atomic E-state index is 0.708. The SMILES string of the molecule is COc1cc(-c2nc3ccccc3[nH]2)cc(OC)c1Br. The number of benzene rings is 2. The molecule has 3 aromatic rings. The summed E-state index contributed by atoms with van der Waals surface area (Å²) in [6.07, 6.45) is 0. The molecule has 0 fully saturated rings. The molecule has 102 valence electrons. The average Bonchev–Trinajstić information content (AvgIpc) is 2.91. The Balaban J connectivity index is 2.18. The lowest BCUT2D eigenvalue weighted by atomic mass is 10.2. The molecule has 0 saturated carbocycles. The molecule has 0 aliphatic heterocycles. The molecule has 0 spiro atoms. The predicted octanol–water partition coefficient (Wildman–Crippen LogP) is 4.01. The van der Waals surface area contributed by atoms with Gasteiger partial charge >= 0.3 is 0 Å². The Morgan fingerprint density at radius 3 is 2.30 bits per heavy atom. The van der Waals surface area contributed by atoms with Crippen LogP contribution in [0.3, 0.4) is 0 Å². The third-order valence-corrected chi connectivity index (χ3v) is 3.89. The van der Waals surface area contributed by atoms with Crippen LogP contribution in [0.1, 0.15) is 0 Å². The van der Waals surface area contributed by atoms with Crippen LogP contribution in [0.4, 0.5) is 0 Å². The summed E-state index contributed by atoms with van der Waals surface area (Å²) < 4.78 is 11.5. The molecule has 1 aromatic heterocycles. The minimum absolute atomic E-state index is 0.708. The molecular formula is C15H13BrN2O2. The van der Waals surface area contributed by atoms with Crippen molar-refractivity contribution in [1.29, 1.82) is 0 Å². The average molecular weight is 333 g/mol. The number of methoxy groups -OCH3 is 2. The molecule has 1 N–H and O–H groups in total. The summed E-state index contributed by atoms with van der Waals surface area (Å²) in [5.74, 6) is 2.20. The fourth-order valence-corrected chi connectivity index (χ4v) is 2.65. The fraction of sp³-hybridized carbons (Fsp3) is 0.133. The molecule has 0 radical (unpaired) electrons. The standard InChI is InChI=1S/C15H13BrN2O2/c1-19-12-7-9(8-13(20-2)14(12)16)15-17-10-5-3-4-6-11(10)18-15/h3-8H,1-2H3,(H,17,18). The number of para-hydroxylation sites is 2. The zero-order valence-corrected chi connectivity index (χ0v) is 12.7. The lowest BCUT2D eigenvalue weighted by Crippen LogP contribution is -1.92. The van der Waals surface area contributed by atoms with E-state index in [0.29, 0.717) is 11.5 Å². The van der Waals surface area contributed by atoms with Gasteiger partial charge in [0.2, 0.25) is 0 Å². The minimum Gasteiger partial charge on any atom is -0.495 e. The van der Waals surface area contributed by atoms with Crippen LogP contribution in [0.25, 0.3) is 22.4 Å². The second-order valence-electron chi connectivity index (χ2n) is 4.30. The highest BCUT2D eigenvalue weighted by Crippen LogP contribution is 2.38. The quantitative estimate of drug-likeness (QED) is 0.788. The molecule has 5 heteroatoms. The first kappa shape index (κ1) is 13.0. The van der Waals surface area contributed by atoms with E-state index in [1.54, 1.807) is 14.2 Å². The van der Waals surface area contributed by atoms with Crippen LogP contribution < -0.4 is 9.47 Å². The van der Waals surface area contributed by atoms with Crippen molar-refractivity contribution in [1.82, 2.24) is 9.97 Å². The van der Waals surface area contributed by atoms with Crippen LogP contribution in [0.5, 0.6) is 11.5 Å². The van der Waals surface area contributed by atoms with Gasteiger partial charge in [-0.05, 0) is 40.2 Å². The van der Waals surface area contributed by atoms with Gasteiger partial charge in [-0.25, -0.2) is 4.98 Å². The topological polar surface area (TPSA) is 47.1 Å². The highest BCUT2D eigenvalue weighted by molar-refractivity contribution is 9.10. The summed E-state index contributed by atoms with van der Waals surface area (Å²) in [4.78, 5) is 7.88. The molecule has 0 unspecified atom stereocenters. The number of hydrogen-bond donors (Lipinski definition) is 1. The third kappa shape index (κ3) is 2.14. The second kappa shape index (κ2) is 5.17. The van der Waals surface area contributed by atoms with E-state index in [4.69, 9.17) is 9.47 Å². The van der Waals surface area contributed by atoms with Crippen molar-refractivity contribution in [3.05, 3.63) is 40.9 Å². The maximum Gasteiger partial charge on any atom is 0.138 e. The summed E-state index contributed by atoms with van der Waals surface area (Å²) in [5, 5.41) is 0. The number of rotatable bonds is 3. The Labute approximate surface area is 124 Å². The number of nitrogens with zero attached hydrogens (tertiary/aromatic N) is 1. The second-order valence-corrected chi connectivity index (χ2v) is 5.09. The monoisotopic (exact) mass is 332 g/mol. The van der Waals surface area contributed by atoms with Gasteiger partial charge in [-0.3, -0.25) is 0 Å². The number of H-pyrrole nitrogens is 1. The number of imidazole rings is 1. The number of aromatic amines is 1. The Morgan fingerprint density at radius 1 is 1.05 bits per heavy atom. The summed E-state index contributed by atoms with van der Waals surface area (Å²) in [6, 6.07) is 11.8. The van der Waals surface area contributed by atoms with E-state index in [-0.39, 0.29) is 0 Å². The molecular weight excluding hydrogens is 320 g/mol. The van der Waals surface area contributed by atoms with Crippen LogP contribution in [0.15, 0.2) is 40.9 Å². The van der Waals surface area contributed by atoms with E-state index in [2.05, 4.69) is 25.9 Å². The normalized spacial score (nSPS) is 10.8. The molecule has 0 amide bonds. The highest BCUT2D eigenvalue weighted by atomic mass is 79.9. The van der Waals surface area contributed by atoms with Crippen molar-refractivity contribution >= 4 is 27.0 Å². The molecule has 0 atom stereocenters. The number of nitrogens with one attached hydrogen (secondary N) is 1. The smallest absolute Gasteiger partial charge is 0.138 e. The van der Waals surface area contributed by atoms with Crippen molar-refractivity contribution < 1.29 is 9.47 Å². The first-order valence-electron chi connectivity index (χ1n) is 6.09. The Hall–Kier alpha value is -2.01. The van der Waals surface area contributed by atoms with Crippen LogP contribution in [0.2, 0.25) is 0 Å². The van der Waals surface area contributed by atoms with Gasteiger partial charge in [0.25, 0.3) is 0 Å². The first-order chi connectivity index (χ1) is 9.72. The Kier molecular flexibility index (Phi) is 3.36. The number of fused-ring (bicyclic) bond motifs is 1. The zero-order valence-electron chi connectivity index (χ0n) is 11.1. The van der Waals surface area contributed by atoms with Crippen molar-refractivity contribution in [2.75, 3.05) is 14.2 Å². The number of aromatic nitrogens is 2. The summed E-state index contributed by atoms with van der Waals surface area (Å²) in [6.45, 7) is 0. The highest BCUT2D eigenvalue weighted by Gasteiger charge is 2.13. The summed E-state index contributed by atoms with van der Waals surface area (Å²) in [7, 11) is 3.25. The van der Waals surface area contributed by atoms with Gasteiger partial charge in [-0.1, -0.05) is 12.1 Å². The van der Waals surface area contributed by atoms with Crippen molar-refractivity contribution in [3.63, 3.8) is 0 Å². The van der Waals surface area contributed by atoms with E-state index in [9.17, 15) is 0 Å². The van der Waals surface area contributed by atoms with Crippen LogP contribution in [0, 0.1) is 0 Å². The van der Waals surface area contributed by atoms with E-state index in [1.807, 2.05) is 36.4 Å².